The van der Waals surface area contributed by atoms with Gasteiger partial charge in [-0.3, -0.25) is 0 Å². The van der Waals surface area contributed by atoms with Gasteiger partial charge in [-0.15, -0.1) is 12.4 Å². The van der Waals surface area contributed by atoms with Crippen LogP contribution in [0.15, 0.2) is 18.2 Å². The lowest BCUT2D eigenvalue weighted by molar-refractivity contribution is 0.153. The van der Waals surface area contributed by atoms with E-state index in [1.807, 2.05) is 0 Å². The van der Waals surface area contributed by atoms with Gasteiger partial charge in [0.1, 0.15) is 5.82 Å². The fourth-order valence-electron chi connectivity index (χ4n) is 1.05. The van der Waals surface area contributed by atoms with Gasteiger partial charge in [-0.1, -0.05) is 11.6 Å². The summed E-state index contributed by atoms with van der Waals surface area (Å²) in [6.45, 7) is 1.64. The van der Waals surface area contributed by atoms with Crippen LogP contribution in [-0.4, -0.2) is 11.1 Å². The van der Waals surface area contributed by atoms with Crippen molar-refractivity contribution in [3.63, 3.8) is 0 Å². The third-order valence-corrected chi connectivity index (χ3v) is 1.94. The van der Waals surface area contributed by atoms with Crippen LogP contribution in [0.1, 0.15) is 18.6 Å². The van der Waals surface area contributed by atoms with Gasteiger partial charge in [0, 0.05) is 11.1 Å². The van der Waals surface area contributed by atoms with Gasteiger partial charge in [-0.2, -0.15) is 0 Å². The van der Waals surface area contributed by atoms with E-state index in [1.165, 1.54) is 18.2 Å². The van der Waals surface area contributed by atoms with Gasteiger partial charge in [0.05, 0.1) is 6.10 Å². The second kappa shape index (κ2) is 5.51. The molecule has 0 aromatic heterocycles. The molecule has 1 aromatic carbocycles. The number of aliphatic hydroxyl groups is 1. The Morgan fingerprint density at radius 2 is 2.00 bits per heavy atom. The van der Waals surface area contributed by atoms with Crippen molar-refractivity contribution < 1.29 is 9.50 Å². The largest absolute Gasteiger partial charge is 0.387 e. The average Bonchev–Trinajstić information content (AvgIpc) is 2.01. The SMILES string of the molecule is CC(N)C(O)c1cc(F)cc(Cl)c1.Cl. The third kappa shape index (κ3) is 3.42. The minimum Gasteiger partial charge on any atom is -0.387 e. The smallest absolute Gasteiger partial charge is 0.125 e. The number of hydrogen-bond donors (Lipinski definition) is 2. The monoisotopic (exact) mass is 239 g/mol. The van der Waals surface area contributed by atoms with Gasteiger partial charge in [-0.05, 0) is 30.7 Å². The second-order valence-corrected chi connectivity index (χ2v) is 3.44. The molecule has 0 saturated carbocycles. The van der Waals surface area contributed by atoms with Crippen LogP contribution >= 0.6 is 24.0 Å². The summed E-state index contributed by atoms with van der Waals surface area (Å²) in [4.78, 5) is 0. The van der Waals surface area contributed by atoms with Crippen molar-refractivity contribution in [2.45, 2.75) is 19.1 Å². The van der Waals surface area contributed by atoms with Crippen LogP contribution in [-0.2, 0) is 0 Å². The molecule has 80 valence electrons. The number of benzene rings is 1. The van der Waals surface area contributed by atoms with Crippen LogP contribution in [0.2, 0.25) is 5.02 Å². The van der Waals surface area contributed by atoms with E-state index in [0.717, 1.165) is 0 Å². The maximum Gasteiger partial charge on any atom is 0.125 e. The van der Waals surface area contributed by atoms with Crippen LogP contribution in [0.25, 0.3) is 0 Å². The molecule has 3 N–H and O–H groups in total. The second-order valence-electron chi connectivity index (χ2n) is 3.01. The maximum absolute atomic E-state index is 12.8. The molecule has 2 unspecified atom stereocenters. The van der Waals surface area contributed by atoms with Crippen molar-refractivity contribution in [1.29, 1.82) is 0 Å². The van der Waals surface area contributed by atoms with E-state index in [2.05, 4.69) is 0 Å². The van der Waals surface area contributed by atoms with E-state index in [0.29, 0.717) is 5.56 Å². The molecule has 0 aliphatic rings. The zero-order chi connectivity index (χ0) is 10.0. The minimum atomic E-state index is -0.881. The van der Waals surface area contributed by atoms with Crippen molar-refractivity contribution in [2.24, 2.45) is 5.73 Å². The molecule has 2 nitrogen and oxygen atoms in total. The molecule has 0 fully saturated rings. The summed E-state index contributed by atoms with van der Waals surface area (Å²) in [7, 11) is 0. The molecule has 14 heavy (non-hydrogen) atoms. The molecule has 0 saturated heterocycles. The molecule has 0 radical (unpaired) electrons. The molecule has 0 heterocycles. The zero-order valence-corrected chi connectivity index (χ0v) is 9.15. The summed E-state index contributed by atoms with van der Waals surface area (Å²) < 4.78 is 12.8. The normalized spacial score (nSPS) is 14.4. The van der Waals surface area contributed by atoms with Crippen LogP contribution in [0, 0.1) is 5.82 Å². The highest BCUT2D eigenvalue weighted by Gasteiger charge is 2.13. The molecule has 0 aliphatic heterocycles. The number of rotatable bonds is 2. The fraction of sp³-hybridized carbons (Fsp3) is 0.333. The van der Waals surface area contributed by atoms with Crippen molar-refractivity contribution >= 4 is 24.0 Å². The van der Waals surface area contributed by atoms with Crippen LogP contribution in [0.3, 0.4) is 0 Å². The van der Waals surface area contributed by atoms with E-state index >= 15 is 0 Å². The van der Waals surface area contributed by atoms with E-state index in [1.54, 1.807) is 6.92 Å². The molecule has 2 atom stereocenters. The quantitative estimate of drug-likeness (QED) is 0.832. The van der Waals surface area contributed by atoms with Crippen LogP contribution in [0.5, 0.6) is 0 Å². The molecule has 0 amide bonds. The molecule has 5 heteroatoms. The lowest BCUT2D eigenvalue weighted by Crippen LogP contribution is -2.24. The summed E-state index contributed by atoms with van der Waals surface area (Å²) in [5, 5.41) is 9.76. The Labute approximate surface area is 93.3 Å². The third-order valence-electron chi connectivity index (χ3n) is 1.72. The fourth-order valence-corrected chi connectivity index (χ4v) is 1.28. The molecule has 0 bridgehead atoms. The summed E-state index contributed by atoms with van der Waals surface area (Å²) in [6.07, 6.45) is -0.881. The van der Waals surface area contributed by atoms with Crippen molar-refractivity contribution in [2.75, 3.05) is 0 Å². The summed E-state index contributed by atoms with van der Waals surface area (Å²) >= 11 is 5.61. The van der Waals surface area contributed by atoms with E-state index in [4.69, 9.17) is 17.3 Å². The Balaban J connectivity index is 0.00000169. The van der Waals surface area contributed by atoms with Gasteiger partial charge in [0.15, 0.2) is 0 Å². The standard InChI is InChI=1S/C9H11ClFNO.ClH/c1-5(12)9(13)6-2-7(10)4-8(11)3-6;/h2-5,9,13H,12H2,1H3;1H. The molecule has 0 spiro atoms. The van der Waals surface area contributed by atoms with Gasteiger partial charge in [-0.25, -0.2) is 4.39 Å². The van der Waals surface area contributed by atoms with Crippen LogP contribution < -0.4 is 5.73 Å². The van der Waals surface area contributed by atoms with E-state index in [-0.39, 0.29) is 17.4 Å². The highest BCUT2D eigenvalue weighted by Crippen LogP contribution is 2.21. The first kappa shape index (κ1) is 13.7. The molecule has 1 aromatic rings. The lowest BCUT2D eigenvalue weighted by atomic mass is 10.0. The van der Waals surface area contributed by atoms with Crippen molar-refractivity contribution in [1.82, 2.24) is 0 Å². The van der Waals surface area contributed by atoms with Gasteiger partial charge >= 0.3 is 0 Å². The molecule has 0 aliphatic carbocycles. The van der Waals surface area contributed by atoms with Crippen molar-refractivity contribution in [3.8, 4) is 0 Å². The first-order valence-electron chi connectivity index (χ1n) is 3.90. The average molecular weight is 240 g/mol. The summed E-state index contributed by atoms with van der Waals surface area (Å²) in [6, 6.07) is 3.45. The Hall–Kier alpha value is -0.350. The Morgan fingerprint density at radius 3 is 2.43 bits per heavy atom. The first-order chi connectivity index (χ1) is 6.00. The van der Waals surface area contributed by atoms with Crippen LogP contribution in [0.4, 0.5) is 4.39 Å². The summed E-state index contributed by atoms with van der Waals surface area (Å²) in [5.74, 6) is -0.470. The highest BCUT2D eigenvalue weighted by atomic mass is 35.5. The predicted octanol–water partition coefficient (Wildman–Crippen LogP) is 2.28. The first-order valence-corrected chi connectivity index (χ1v) is 4.28. The van der Waals surface area contributed by atoms with Crippen molar-refractivity contribution in [3.05, 3.63) is 34.6 Å². The number of nitrogens with two attached hydrogens (primary N) is 1. The number of hydrogen-bond acceptors (Lipinski definition) is 2. The summed E-state index contributed by atoms with van der Waals surface area (Å²) in [5.41, 5.74) is 5.86. The van der Waals surface area contributed by atoms with E-state index < -0.39 is 18.0 Å². The van der Waals surface area contributed by atoms with Gasteiger partial charge < -0.3 is 10.8 Å². The zero-order valence-electron chi connectivity index (χ0n) is 7.58. The molecular formula is C9H12Cl2FNO. The Morgan fingerprint density at radius 1 is 1.43 bits per heavy atom. The topological polar surface area (TPSA) is 46.2 Å². The molecular weight excluding hydrogens is 228 g/mol. The van der Waals surface area contributed by atoms with Gasteiger partial charge in [0.25, 0.3) is 0 Å². The van der Waals surface area contributed by atoms with E-state index in [9.17, 15) is 9.50 Å². The minimum absolute atomic E-state index is 0. The Bertz CT molecular complexity index is 287. The molecule has 1 rings (SSSR count). The lowest BCUT2D eigenvalue weighted by Gasteiger charge is -2.14. The van der Waals surface area contributed by atoms with Gasteiger partial charge in [0.2, 0.25) is 0 Å². The Kier molecular flexibility index (Phi) is 5.37. The highest BCUT2D eigenvalue weighted by molar-refractivity contribution is 6.30. The predicted molar refractivity (Wildman–Crippen MR) is 57.3 cm³/mol. The maximum atomic E-state index is 12.8. The number of halogens is 3. The number of aliphatic hydroxyl groups excluding tert-OH is 1.